The Morgan fingerprint density at radius 2 is 1.70 bits per heavy atom. The summed E-state index contributed by atoms with van der Waals surface area (Å²) in [6.07, 6.45) is 3.60. The van der Waals surface area contributed by atoms with E-state index in [2.05, 4.69) is 5.32 Å². The van der Waals surface area contributed by atoms with Gasteiger partial charge in [-0.15, -0.1) is 0 Å². The van der Waals surface area contributed by atoms with Gasteiger partial charge in [0.15, 0.2) is 17.4 Å². The molecule has 9 nitrogen and oxygen atoms in total. The molecule has 0 spiro atoms. The summed E-state index contributed by atoms with van der Waals surface area (Å²) in [5, 5.41) is 13.2. The van der Waals surface area contributed by atoms with Crippen LogP contribution in [0.5, 0.6) is 11.5 Å². The van der Waals surface area contributed by atoms with E-state index < -0.39 is 40.6 Å². The summed E-state index contributed by atoms with van der Waals surface area (Å²) in [4.78, 5) is 43.5. The molecule has 2 amide bonds. The number of piperazine rings is 1. The van der Waals surface area contributed by atoms with Gasteiger partial charge in [0, 0.05) is 37.2 Å². The minimum Gasteiger partial charge on any atom is -0.492 e. The molecule has 2 N–H and O–H groups in total. The number of aryl methyl sites for hydroxylation is 2. The van der Waals surface area contributed by atoms with Crippen molar-refractivity contribution in [1.29, 1.82) is 0 Å². The monoisotopic (exact) mass is 747 g/mol. The van der Waals surface area contributed by atoms with Crippen LogP contribution in [0.2, 0.25) is 0 Å². The first-order valence-corrected chi connectivity index (χ1v) is 18.7. The molecular formula is C42H48F3N3O6. The third-order valence-corrected chi connectivity index (χ3v) is 10.5. The van der Waals surface area contributed by atoms with Crippen LogP contribution in [-0.4, -0.2) is 83.7 Å². The molecule has 54 heavy (non-hydrogen) atoms. The number of ether oxygens (including phenoxy) is 2. The number of carboxylic acids is 1. The number of nitrogens with zero attached hydrogens (tertiary/aromatic N) is 2. The minimum atomic E-state index is -1.35. The molecule has 2 bridgehead atoms. The largest absolute Gasteiger partial charge is 0.492 e. The Kier molecular flexibility index (Phi) is 12.0. The zero-order valence-corrected chi connectivity index (χ0v) is 31.0. The number of carbonyl (C=O) groups excluding carboxylic acids is 2. The van der Waals surface area contributed by atoms with E-state index in [-0.39, 0.29) is 49.9 Å². The normalized spacial score (nSPS) is 18.4. The molecule has 2 heterocycles. The first-order valence-electron chi connectivity index (χ1n) is 18.7. The highest BCUT2D eigenvalue weighted by Crippen LogP contribution is 2.37. The van der Waals surface area contributed by atoms with Crippen LogP contribution in [0.15, 0.2) is 66.2 Å². The van der Waals surface area contributed by atoms with Gasteiger partial charge >= 0.3 is 5.97 Å². The molecule has 2 aliphatic heterocycles. The van der Waals surface area contributed by atoms with Gasteiger partial charge < -0.3 is 29.7 Å². The van der Waals surface area contributed by atoms with Gasteiger partial charge in [-0.25, -0.2) is 8.78 Å². The van der Waals surface area contributed by atoms with E-state index in [9.17, 15) is 32.7 Å². The fourth-order valence-corrected chi connectivity index (χ4v) is 7.18. The number of fused-ring (bicyclic) bond motifs is 2. The van der Waals surface area contributed by atoms with Gasteiger partial charge in [0.2, 0.25) is 11.7 Å². The average molecular weight is 748 g/mol. The van der Waals surface area contributed by atoms with E-state index in [0.717, 1.165) is 53.0 Å². The Morgan fingerprint density at radius 3 is 2.41 bits per heavy atom. The Balaban J connectivity index is 1.20. The van der Waals surface area contributed by atoms with Gasteiger partial charge in [0.25, 0.3) is 5.91 Å². The van der Waals surface area contributed by atoms with Crippen LogP contribution in [0, 0.1) is 29.8 Å². The van der Waals surface area contributed by atoms with Crippen LogP contribution >= 0.6 is 0 Å². The van der Waals surface area contributed by atoms with Crippen LogP contribution in [-0.2, 0) is 20.8 Å². The van der Waals surface area contributed by atoms with E-state index in [1.807, 2.05) is 60.4 Å². The van der Waals surface area contributed by atoms with Crippen molar-refractivity contribution in [1.82, 2.24) is 15.1 Å². The van der Waals surface area contributed by atoms with Crippen LogP contribution < -0.4 is 14.8 Å². The lowest BCUT2D eigenvalue weighted by atomic mass is 9.82. The second-order valence-corrected chi connectivity index (χ2v) is 15.2. The Hall–Kier alpha value is -4.84. The predicted octanol–water partition coefficient (Wildman–Crippen LogP) is 6.71. The van der Waals surface area contributed by atoms with Gasteiger partial charge in [-0.05, 0) is 106 Å². The van der Waals surface area contributed by atoms with Crippen molar-refractivity contribution in [2.75, 3.05) is 32.8 Å². The van der Waals surface area contributed by atoms with Gasteiger partial charge in [0.05, 0.1) is 24.6 Å². The van der Waals surface area contributed by atoms with Crippen molar-refractivity contribution in [2.45, 2.75) is 83.8 Å². The van der Waals surface area contributed by atoms with E-state index in [0.29, 0.717) is 44.5 Å². The number of benzene rings is 3. The van der Waals surface area contributed by atoms with Crippen molar-refractivity contribution in [2.24, 2.45) is 5.41 Å². The lowest BCUT2D eigenvalue weighted by Gasteiger charge is -2.45. The van der Waals surface area contributed by atoms with Crippen LogP contribution in [0.25, 0.3) is 5.57 Å². The Bertz CT molecular complexity index is 1890. The number of nitrogens with one attached hydrogen (secondary N) is 1. The molecule has 6 rings (SSSR count). The van der Waals surface area contributed by atoms with Crippen LogP contribution in [0.1, 0.15) is 69.1 Å². The highest BCUT2D eigenvalue weighted by molar-refractivity contribution is 6.03. The number of aliphatic carboxylic acids is 1. The van der Waals surface area contributed by atoms with Crippen LogP contribution in [0.3, 0.4) is 0 Å². The van der Waals surface area contributed by atoms with E-state index >= 15 is 0 Å². The number of rotatable bonds is 16. The summed E-state index contributed by atoms with van der Waals surface area (Å²) in [6, 6.07) is 16.8. The van der Waals surface area contributed by atoms with Crippen molar-refractivity contribution in [3.8, 4) is 11.5 Å². The SMILES string of the molecule is Cc1cccc(OCCN(C(=O)C2=C(c3ccc(CCCOc4c(F)ccc(F)c4F)cc3)C[C@@H]3CN(C(=O)CCC(C)(C)C(=O)O)C[C@H]2N3)C2CC2)c1. The lowest BCUT2D eigenvalue weighted by Crippen LogP contribution is -2.62. The first-order chi connectivity index (χ1) is 25.8. The summed E-state index contributed by atoms with van der Waals surface area (Å²) in [7, 11) is 0. The topological polar surface area (TPSA) is 108 Å². The summed E-state index contributed by atoms with van der Waals surface area (Å²) in [6.45, 7) is 6.68. The van der Waals surface area contributed by atoms with Gasteiger partial charge in [-0.2, -0.15) is 4.39 Å². The summed E-state index contributed by atoms with van der Waals surface area (Å²) < 4.78 is 52.8. The number of amides is 2. The zero-order valence-electron chi connectivity index (χ0n) is 31.0. The molecule has 12 heteroatoms. The zero-order chi connectivity index (χ0) is 38.6. The predicted molar refractivity (Wildman–Crippen MR) is 197 cm³/mol. The smallest absolute Gasteiger partial charge is 0.309 e. The van der Waals surface area contributed by atoms with E-state index in [1.165, 1.54) is 0 Å². The molecule has 1 aliphatic carbocycles. The molecule has 288 valence electrons. The maximum atomic E-state index is 14.7. The standard InChI is InChI=1S/C42H48F3N3O6/c1-26-6-4-8-31(22-26)53-21-19-48(30-13-14-30)40(50)37-32(23-29-24-47(25-35(37)46-29)36(49)17-18-42(2,3)41(51)52)28-11-9-27(10-12-28)7-5-20-54-39-34(44)16-15-33(43)38(39)45/h4,6,8-12,15-16,22,29-30,35,46H,5,7,13-14,17-21,23-25H2,1-3H3,(H,51,52)/t29-,35-/m1/s1. The second kappa shape index (κ2) is 16.7. The molecule has 1 saturated heterocycles. The molecule has 0 unspecified atom stereocenters. The van der Waals surface area contributed by atoms with E-state index in [1.54, 1.807) is 18.7 Å². The first kappa shape index (κ1) is 38.9. The minimum absolute atomic E-state index is 0.00844. The molecule has 0 radical (unpaired) electrons. The average Bonchev–Trinajstić information content (AvgIpc) is 3.99. The fraction of sp³-hybridized carbons (Fsp3) is 0.452. The molecule has 3 aliphatic rings. The van der Waals surface area contributed by atoms with Crippen molar-refractivity contribution in [3.05, 3.63) is 100 Å². The van der Waals surface area contributed by atoms with Crippen LogP contribution in [0.4, 0.5) is 13.2 Å². The maximum Gasteiger partial charge on any atom is 0.309 e. The van der Waals surface area contributed by atoms with Gasteiger partial charge in [-0.1, -0.05) is 36.4 Å². The third-order valence-electron chi connectivity index (χ3n) is 10.5. The highest BCUT2D eigenvalue weighted by Gasteiger charge is 2.43. The second-order valence-electron chi connectivity index (χ2n) is 15.2. The molecular weight excluding hydrogens is 699 g/mol. The quantitative estimate of drug-likeness (QED) is 0.124. The number of hydrogen-bond donors (Lipinski definition) is 2. The van der Waals surface area contributed by atoms with Crippen molar-refractivity contribution < 1.29 is 42.1 Å². The lowest BCUT2D eigenvalue weighted by molar-refractivity contribution is -0.148. The molecule has 1 saturated carbocycles. The third kappa shape index (κ3) is 9.26. The summed E-state index contributed by atoms with van der Waals surface area (Å²) in [5.74, 6) is -4.63. The number of hydrogen-bond acceptors (Lipinski definition) is 6. The molecule has 3 aromatic carbocycles. The Labute approximate surface area is 314 Å². The van der Waals surface area contributed by atoms with Crippen molar-refractivity contribution in [3.63, 3.8) is 0 Å². The van der Waals surface area contributed by atoms with Gasteiger partial charge in [-0.3, -0.25) is 14.4 Å². The molecule has 3 aromatic rings. The summed E-state index contributed by atoms with van der Waals surface area (Å²) >= 11 is 0. The van der Waals surface area contributed by atoms with Crippen molar-refractivity contribution >= 4 is 23.4 Å². The fourth-order valence-electron chi connectivity index (χ4n) is 7.18. The molecule has 0 aromatic heterocycles. The highest BCUT2D eigenvalue weighted by atomic mass is 19.2. The number of carboxylic acid groups (broad SMARTS) is 1. The maximum absolute atomic E-state index is 14.7. The Morgan fingerprint density at radius 1 is 0.963 bits per heavy atom. The molecule has 2 fully saturated rings. The molecule has 2 atom stereocenters. The number of halogens is 3. The summed E-state index contributed by atoms with van der Waals surface area (Å²) in [5.41, 5.74) is 3.45. The van der Waals surface area contributed by atoms with Gasteiger partial charge in [0.1, 0.15) is 12.4 Å². The number of carbonyl (C=O) groups is 3. The van der Waals surface area contributed by atoms with E-state index in [4.69, 9.17) is 9.47 Å².